The van der Waals surface area contributed by atoms with E-state index in [1.807, 2.05) is 0 Å². The molecule has 0 saturated heterocycles. The first-order valence-corrected chi connectivity index (χ1v) is 14.0. The van der Waals surface area contributed by atoms with E-state index in [9.17, 15) is 14.4 Å². The summed E-state index contributed by atoms with van der Waals surface area (Å²) in [5.41, 5.74) is 1.89. The molecule has 0 saturated carbocycles. The fourth-order valence-electron chi connectivity index (χ4n) is 4.51. The predicted octanol–water partition coefficient (Wildman–Crippen LogP) is 4.66. The van der Waals surface area contributed by atoms with Crippen LogP contribution in [0.2, 0.25) is 0 Å². The summed E-state index contributed by atoms with van der Waals surface area (Å²) in [6.07, 6.45) is 10.9. The van der Waals surface area contributed by atoms with Crippen molar-refractivity contribution in [2.45, 2.75) is 50.4 Å². The molecule has 0 atom stereocenters. The molecule has 0 fully saturated rings. The highest BCUT2D eigenvalue weighted by Crippen LogP contribution is 2.21. The maximum atomic E-state index is 13.5. The highest BCUT2D eigenvalue weighted by molar-refractivity contribution is 7.99. The first-order valence-electron chi connectivity index (χ1n) is 13.0. The summed E-state index contributed by atoms with van der Waals surface area (Å²) in [7, 11) is 0. The third-order valence-corrected chi connectivity index (χ3v) is 7.54. The highest BCUT2D eigenvalue weighted by Gasteiger charge is 2.17. The third kappa shape index (κ3) is 6.88. The zero-order chi connectivity index (χ0) is 27.0. The Kier molecular flexibility index (Phi) is 8.62. The molecular weight excluding hydrogens is 516 g/mol. The zero-order valence-electron chi connectivity index (χ0n) is 21.5. The van der Waals surface area contributed by atoms with Gasteiger partial charge in [0.1, 0.15) is 11.5 Å². The highest BCUT2D eigenvalue weighted by atomic mass is 32.2. The zero-order valence-corrected chi connectivity index (χ0v) is 22.3. The summed E-state index contributed by atoms with van der Waals surface area (Å²) < 4.78 is 12.2. The summed E-state index contributed by atoms with van der Waals surface area (Å²) >= 11 is 1.19. The first kappa shape index (κ1) is 26.6. The lowest BCUT2D eigenvalue weighted by molar-refractivity contribution is -0.118. The Hall–Kier alpha value is -4.05. The van der Waals surface area contributed by atoms with Gasteiger partial charge in [0.25, 0.3) is 11.5 Å². The van der Waals surface area contributed by atoms with Crippen molar-refractivity contribution in [3.05, 3.63) is 94.1 Å². The van der Waals surface area contributed by atoms with Crippen LogP contribution in [0.1, 0.15) is 54.0 Å². The normalized spacial score (nSPS) is 13.3. The molecule has 39 heavy (non-hydrogen) atoms. The molecule has 1 aliphatic rings. The summed E-state index contributed by atoms with van der Waals surface area (Å²) in [4.78, 5) is 43.5. The first-order chi connectivity index (χ1) is 19.1. The van der Waals surface area contributed by atoms with Crippen LogP contribution in [-0.4, -0.2) is 33.7 Å². The largest absolute Gasteiger partial charge is 0.467 e. The number of hydrogen-bond acceptors (Lipinski definition) is 7. The minimum absolute atomic E-state index is 0.110. The van der Waals surface area contributed by atoms with Gasteiger partial charge in [-0.1, -0.05) is 23.4 Å². The van der Waals surface area contributed by atoms with Crippen LogP contribution in [0.25, 0.3) is 10.9 Å². The maximum Gasteiger partial charge on any atom is 0.262 e. The van der Waals surface area contributed by atoms with Crippen molar-refractivity contribution in [2.75, 3.05) is 12.3 Å². The fraction of sp³-hybridized carbons (Fsp3) is 0.310. The minimum atomic E-state index is -0.309. The summed E-state index contributed by atoms with van der Waals surface area (Å²) in [5, 5.41) is 6.52. The second-order valence-corrected chi connectivity index (χ2v) is 10.3. The fourth-order valence-corrected chi connectivity index (χ4v) is 5.34. The van der Waals surface area contributed by atoms with E-state index in [1.165, 1.54) is 34.7 Å². The lowest BCUT2D eigenvalue weighted by Crippen LogP contribution is -2.28. The smallest absolute Gasteiger partial charge is 0.262 e. The van der Waals surface area contributed by atoms with Gasteiger partial charge in [-0.05, 0) is 74.6 Å². The maximum absolute atomic E-state index is 13.5. The number of allylic oxidation sites excluding steroid dienone is 1. The van der Waals surface area contributed by atoms with Crippen LogP contribution < -0.4 is 16.2 Å². The molecule has 3 aromatic heterocycles. The lowest BCUT2D eigenvalue weighted by Gasteiger charge is -2.14. The number of carbonyl (C=O) groups excluding carboxylic acids is 2. The molecule has 2 amide bonds. The Morgan fingerprint density at radius 1 is 1.03 bits per heavy atom. The van der Waals surface area contributed by atoms with Gasteiger partial charge in [-0.25, -0.2) is 4.98 Å². The number of amides is 2. The number of carbonyl (C=O) groups is 2. The minimum Gasteiger partial charge on any atom is -0.467 e. The monoisotopic (exact) mass is 546 g/mol. The quantitative estimate of drug-likeness (QED) is 0.160. The third-order valence-electron chi connectivity index (χ3n) is 6.57. The van der Waals surface area contributed by atoms with Gasteiger partial charge in [-0.3, -0.25) is 19.0 Å². The van der Waals surface area contributed by atoms with Gasteiger partial charge in [0.05, 0.1) is 42.3 Å². The van der Waals surface area contributed by atoms with Crippen LogP contribution >= 0.6 is 11.8 Å². The van der Waals surface area contributed by atoms with E-state index in [0.29, 0.717) is 39.7 Å². The van der Waals surface area contributed by atoms with Crippen LogP contribution in [0.5, 0.6) is 0 Å². The molecule has 3 heterocycles. The second kappa shape index (κ2) is 12.7. The van der Waals surface area contributed by atoms with Gasteiger partial charge < -0.3 is 19.5 Å². The van der Waals surface area contributed by atoms with Crippen molar-refractivity contribution in [3.8, 4) is 0 Å². The Morgan fingerprint density at radius 2 is 1.85 bits per heavy atom. The molecule has 0 bridgehead atoms. The summed E-state index contributed by atoms with van der Waals surface area (Å²) in [6.45, 7) is 1.01. The van der Waals surface area contributed by atoms with E-state index in [1.54, 1.807) is 55.0 Å². The molecule has 1 aliphatic carbocycles. The van der Waals surface area contributed by atoms with E-state index in [2.05, 4.69) is 16.7 Å². The van der Waals surface area contributed by atoms with E-state index in [4.69, 9.17) is 13.8 Å². The second-order valence-electron chi connectivity index (χ2n) is 9.36. The molecule has 202 valence electrons. The molecule has 1 aromatic carbocycles. The molecule has 0 unspecified atom stereocenters. The Bertz CT molecular complexity index is 1520. The average molecular weight is 547 g/mol. The van der Waals surface area contributed by atoms with Gasteiger partial charge in [0, 0.05) is 12.1 Å². The standard InChI is InChI=1S/C29H30N4O5S/c34-26(30-13-12-20-6-2-1-3-7-20)19-39-29-32-25-16-21(27(35)31-17-22-8-4-14-37-22)10-11-24(25)28(36)33(29)18-23-9-5-15-38-23/h4-6,8-11,14-16H,1-3,7,12-13,17-19H2,(H,30,34)(H,31,35). The van der Waals surface area contributed by atoms with Crippen molar-refractivity contribution < 1.29 is 18.4 Å². The van der Waals surface area contributed by atoms with Crippen LogP contribution in [0.3, 0.4) is 0 Å². The van der Waals surface area contributed by atoms with Crippen molar-refractivity contribution in [2.24, 2.45) is 0 Å². The van der Waals surface area contributed by atoms with Crippen molar-refractivity contribution in [1.82, 2.24) is 20.2 Å². The number of hydrogen-bond donors (Lipinski definition) is 2. The lowest BCUT2D eigenvalue weighted by atomic mass is 9.97. The number of benzene rings is 1. The molecule has 5 rings (SSSR count). The molecule has 4 aromatic rings. The van der Waals surface area contributed by atoms with Crippen LogP contribution in [-0.2, 0) is 17.9 Å². The van der Waals surface area contributed by atoms with Crippen molar-refractivity contribution in [1.29, 1.82) is 0 Å². The molecular formula is C29H30N4O5S. The Labute approximate surface area is 229 Å². The van der Waals surface area contributed by atoms with E-state index < -0.39 is 0 Å². The number of nitrogens with zero attached hydrogens (tertiary/aromatic N) is 2. The number of furan rings is 2. The van der Waals surface area contributed by atoms with Gasteiger partial charge in [0.2, 0.25) is 5.91 Å². The SMILES string of the molecule is O=C(CSc1nc2cc(C(=O)NCc3ccco3)ccc2c(=O)n1Cc1ccco1)NCCC1=CCCCC1. The number of rotatable bonds is 11. The molecule has 0 radical (unpaired) electrons. The van der Waals surface area contributed by atoms with Gasteiger partial charge >= 0.3 is 0 Å². The van der Waals surface area contributed by atoms with Crippen molar-refractivity contribution in [3.63, 3.8) is 0 Å². The molecule has 9 nitrogen and oxygen atoms in total. The molecule has 0 spiro atoms. The number of fused-ring (bicyclic) bond motifs is 1. The summed E-state index contributed by atoms with van der Waals surface area (Å²) in [5.74, 6) is 0.908. The van der Waals surface area contributed by atoms with E-state index >= 15 is 0 Å². The summed E-state index contributed by atoms with van der Waals surface area (Å²) in [6, 6.07) is 11.9. The predicted molar refractivity (Wildman–Crippen MR) is 149 cm³/mol. The number of thioether (sulfide) groups is 1. The van der Waals surface area contributed by atoms with Gasteiger partial charge in [-0.2, -0.15) is 0 Å². The van der Waals surface area contributed by atoms with Crippen molar-refractivity contribution >= 4 is 34.5 Å². The van der Waals surface area contributed by atoms with Crippen LogP contribution in [0.4, 0.5) is 0 Å². The van der Waals surface area contributed by atoms with Gasteiger partial charge in [0.15, 0.2) is 5.16 Å². The average Bonchev–Trinajstić information content (AvgIpc) is 3.67. The molecule has 10 heteroatoms. The van der Waals surface area contributed by atoms with Gasteiger partial charge in [-0.15, -0.1) is 0 Å². The Morgan fingerprint density at radius 3 is 2.59 bits per heavy atom. The number of aromatic nitrogens is 2. The van der Waals surface area contributed by atoms with E-state index in [0.717, 1.165) is 19.3 Å². The molecule has 0 aliphatic heterocycles. The Balaban J connectivity index is 1.32. The topological polar surface area (TPSA) is 119 Å². The van der Waals surface area contributed by atoms with E-state index in [-0.39, 0.29) is 36.2 Å². The molecule has 2 N–H and O–H groups in total. The number of nitrogens with one attached hydrogen (secondary N) is 2. The van der Waals surface area contributed by atoms with Crippen LogP contribution in [0, 0.1) is 0 Å². The van der Waals surface area contributed by atoms with Crippen LogP contribution in [0.15, 0.2) is 85.4 Å².